The van der Waals surface area contributed by atoms with Crippen LogP contribution in [0.2, 0.25) is 5.02 Å². The maximum atomic E-state index is 12.6. The first-order valence-electron chi connectivity index (χ1n) is 8.04. The number of hydrogen-bond donors (Lipinski definition) is 0. The molecule has 0 radical (unpaired) electrons. The molecule has 1 fully saturated rings. The average Bonchev–Trinajstić information content (AvgIpc) is 2.63. The fourth-order valence-corrected chi connectivity index (χ4v) is 4.11. The summed E-state index contributed by atoms with van der Waals surface area (Å²) in [4.78, 5) is 3.92. The van der Waals surface area contributed by atoms with E-state index in [1.165, 1.54) is 15.9 Å². The first-order chi connectivity index (χ1) is 12.0. The molecule has 5 nitrogen and oxygen atoms in total. The van der Waals surface area contributed by atoms with Crippen LogP contribution in [0.25, 0.3) is 6.08 Å². The molecule has 25 heavy (non-hydrogen) atoms. The predicted octanol–water partition coefficient (Wildman–Crippen LogP) is 3.58. The molecule has 0 unspecified atom stereocenters. The highest BCUT2D eigenvalue weighted by Gasteiger charge is 2.28. The molecular formula is C18H19ClN2O3S. The minimum Gasteiger partial charge on any atom is -0.487 e. The number of ether oxygens (including phenoxy) is 1. The molecule has 7 heteroatoms. The standard InChI is InChI=1S/C18H19ClN2O3S/c19-17-13-20-10-8-18(17)24-16-7-4-11-21(14-16)25(22,23)12-9-15-5-2-1-3-6-15/h1-3,5-6,8-10,12-13,16H,4,7,11,14H2/b12-9+/t16-/m0/s1. The van der Waals surface area contributed by atoms with E-state index in [0.717, 1.165) is 18.4 Å². The summed E-state index contributed by atoms with van der Waals surface area (Å²) in [7, 11) is -3.49. The predicted molar refractivity (Wildman–Crippen MR) is 98.9 cm³/mol. The Bertz CT molecular complexity index is 840. The fraction of sp³-hybridized carbons (Fsp3) is 0.278. The van der Waals surface area contributed by atoms with Gasteiger partial charge in [0.25, 0.3) is 0 Å². The highest BCUT2D eigenvalue weighted by Crippen LogP contribution is 2.26. The summed E-state index contributed by atoms with van der Waals surface area (Å²) in [5, 5.41) is 1.68. The highest BCUT2D eigenvalue weighted by atomic mass is 35.5. The maximum absolute atomic E-state index is 12.6. The van der Waals surface area contributed by atoms with Gasteiger partial charge in [-0.3, -0.25) is 4.98 Å². The van der Waals surface area contributed by atoms with Crippen molar-refractivity contribution in [3.05, 3.63) is 64.8 Å². The molecular weight excluding hydrogens is 360 g/mol. The summed E-state index contributed by atoms with van der Waals surface area (Å²) < 4.78 is 32.5. The van der Waals surface area contributed by atoms with Crippen LogP contribution in [0.4, 0.5) is 0 Å². The minimum atomic E-state index is -3.49. The maximum Gasteiger partial charge on any atom is 0.236 e. The lowest BCUT2D eigenvalue weighted by Gasteiger charge is -2.31. The van der Waals surface area contributed by atoms with E-state index < -0.39 is 10.0 Å². The molecule has 1 aromatic carbocycles. The van der Waals surface area contributed by atoms with Gasteiger partial charge in [-0.15, -0.1) is 0 Å². The van der Waals surface area contributed by atoms with Crippen molar-refractivity contribution in [1.82, 2.24) is 9.29 Å². The number of piperidine rings is 1. The second kappa shape index (κ2) is 7.99. The number of nitrogens with zero attached hydrogens (tertiary/aromatic N) is 2. The second-order valence-electron chi connectivity index (χ2n) is 5.80. The Kier molecular flexibility index (Phi) is 5.73. The largest absolute Gasteiger partial charge is 0.487 e. The van der Waals surface area contributed by atoms with Gasteiger partial charge in [0.2, 0.25) is 10.0 Å². The molecule has 1 saturated heterocycles. The van der Waals surface area contributed by atoms with Crippen molar-refractivity contribution < 1.29 is 13.2 Å². The van der Waals surface area contributed by atoms with E-state index in [4.69, 9.17) is 16.3 Å². The smallest absolute Gasteiger partial charge is 0.236 e. The number of rotatable bonds is 5. The molecule has 1 aliphatic rings. The van der Waals surface area contributed by atoms with E-state index in [1.807, 2.05) is 30.3 Å². The van der Waals surface area contributed by atoms with Crippen molar-refractivity contribution in [3.63, 3.8) is 0 Å². The third-order valence-electron chi connectivity index (χ3n) is 3.96. The van der Waals surface area contributed by atoms with Crippen molar-refractivity contribution >= 4 is 27.7 Å². The van der Waals surface area contributed by atoms with E-state index in [2.05, 4.69) is 4.98 Å². The monoisotopic (exact) mass is 378 g/mol. The van der Waals surface area contributed by atoms with Gasteiger partial charge in [-0.1, -0.05) is 41.9 Å². The Morgan fingerprint density at radius 1 is 1.24 bits per heavy atom. The van der Waals surface area contributed by atoms with Crippen molar-refractivity contribution in [2.75, 3.05) is 13.1 Å². The summed E-state index contributed by atoms with van der Waals surface area (Å²) in [5.41, 5.74) is 0.847. The number of aromatic nitrogens is 1. The quantitative estimate of drug-likeness (QED) is 0.797. The highest BCUT2D eigenvalue weighted by molar-refractivity contribution is 7.92. The summed E-state index contributed by atoms with van der Waals surface area (Å²) >= 11 is 6.06. The number of benzene rings is 1. The molecule has 0 aliphatic carbocycles. The van der Waals surface area contributed by atoms with Crippen molar-refractivity contribution in [2.24, 2.45) is 0 Å². The lowest BCUT2D eigenvalue weighted by Crippen LogP contribution is -2.43. The lowest BCUT2D eigenvalue weighted by atomic mass is 10.1. The van der Waals surface area contributed by atoms with Crippen molar-refractivity contribution in [3.8, 4) is 5.75 Å². The Morgan fingerprint density at radius 3 is 2.80 bits per heavy atom. The SMILES string of the molecule is O=S(=O)(/C=C/c1ccccc1)N1CCC[C@H](Oc2ccncc2Cl)C1. The third-order valence-corrected chi connectivity index (χ3v) is 5.78. The van der Waals surface area contributed by atoms with Crippen LogP contribution in [0.3, 0.4) is 0 Å². The van der Waals surface area contributed by atoms with Gasteiger partial charge in [-0.2, -0.15) is 4.31 Å². The normalized spacial score (nSPS) is 19.2. The van der Waals surface area contributed by atoms with Crippen LogP contribution >= 0.6 is 11.6 Å². The van der Waals surface area contributed by atoms with E-state index in [0.29, 0.717) is 23.9 Å². The minimum absolute atomic E-state index is 0.228. The molecule has 1 aromatic heterocycles. The fourth-order valence-electron chi connectivity index (χ4n) is 2.68. The van der Waals surface area contributed by atoms with E-state index in [1.54, 1.807) is 18.3 Å². The van der Waals surface area contributed by atoms with Crippen LogP contribution in [0, 0.1) is 0 Å². The molecule has 2 heterocycles. The summed E-state index contributed by atoms with van der Waals surface area (Å²) in [6.45, 7) is 0.797. The average molecular weight is 379 g/mol. The van der Waals surface area contributed by atoms with Crippen LogP contribution in [-0.2, 0) is 10.0 Å². The Balaban J connectivity index is 1.68. The second-order valence-corrected chi connectivity index (χ2v) is 8.03. The number of sulfonamides is 1. The molecule has 1 atom stereocenters. The van der Waals surface area contributed by atoms with Crippen molar-refractivity contribution in [2.45, 2.75) is 18.9 Å². The zero-order valence-corrected chi connectivity index (χ0v) is 15.2. The Hall–Kier alpha value is -1.89. The summed E-state index contributed by atoms with van der Waals surface area (Å²) in [6.07, 6.45) is 6.02. The Labute approximate surface area is 153 Å². The van der Waals surface area contributed by atoms with E-state index >= 15 is 0 Å². The van der Waals surface area contributed by atoms with Gasteiger partial charge in [0.15, 0.2) is 0 Å². The zero-order valence-electron chi connectivity index (χ0n) is 13.6. The van der Waals surface area contributed by atoms with Gasteiger partial charge < -0.3 is 4.74 Å². The number of pyridine rings is 1. The molecule has 0 saturated carbocycles. The molecule has 0 N–H and O–H groups in total. The number of hydrogen-bond acceptors (Lipinski definition) is 4. The summed E-state index contributed by atoms with van der Waals surface area (Å²) in [6, 6.07) is 11.0. The van der Waals surface area contributed by atoms with Gasteiger partial charge >= 0.3 is 0 Å². The van der Waals surface area contributed by atoms with Gasteiger partial charge in [-0.25, -0.2) is 8.42 Å². The molecule has 0 spiro atoms. The molecule has 132 valence electrons. The van der Waals surface area contributed by atoms with Crippen LogP contribution in [-0.4, -0.2) is 36.9 Å². The number of halogens is 1. The van der Waals surface area contributed by atoms with Gasteiger partial charge in [0, 0.05) is 30.4 Å². The van der Waals surface area contributed by atoms with Crippen LogP contribution in [0.15, 0.2) is 54.2 Å². The molecule has 2 aromatic rings. The van der Waals surface area contributed by atoms with Crippen molar-refractivity contribution in [1.29, 1.82) is 0 Å². The first kappa shape index (κ1) is 17.9. The van der Waals surface area contributed by atoms with Gasteiger partial charge in [0.1, 0.15) is 16.9 Å². The zero-order chi connectivity index (χ0) is 17.7. The lowest BCUT2D eigenvalue weighted by molar-refractivity contribution is 0.130. The van der Waals surface area contributed by atoms with Crippen LogP contribution in [0.1, 0.15) is 18.4 Å². The van der Waals surface area contributed by atoms with E-state index in [-0.39, 0.29) is 6.10 Å². The van der Waals surface area contributed by atoms with Gasteiger partial charge in [0.05, 0.1) is 6.54 Å². The third kappa shape index (κ3) is 4.81. The first-order valence-corrected chi connectivity index (χ1v) is 9.92. The van der Waals surface area contributed by atoms with Gasteiger partial charge in [-0.05, 0) is 24.5 Å². The molecule has 3 rings (SSSR count). The summed E-state index contributed by atoms with van der Waals surface area (Å²) in [5.74, 6) is 0.528. The van der Waals surface area contributed by atoms with E-state index in [9.17, 15) is 8.42 Å². The molecule has 0 bridgehead atoms. The molecule has 1 aliphatic heterocycles. The molecule has 0 amide bonds. The van der Waals surface area contributed by atoms with Crippen LogP contribution in [0.5, 0.6) is 5.75 Å². The Morgan fingerprint density at radius 2 is 2.04 bits per heavy atom. The topological polar surface area (TPSA) is 59.5 Å². The van der Waals surface area contributed by atoms with Crippen LogP contribution < -0.4 is 4.74 Å².